The van der Waals surface area contributed by atoms with Crippen molar-refractivity contribution in [2.75, 3.05) is 24.5 Å². The number of nitriles is 1. The molecule has 6 heterocycles. The van der Waals surface area contributed by atoms with Gasteiger partial charge in [0.05, 0.1) is 29.0 Å². The Hall–Kier alpha value is -4.23. The average molecular weight is 484 g/mol. The van der Waals surface area contributed by atoms with Crippen molar-refractivity contribution in [1.29, 1.82) is 5.26 Å². The predicted octanol–water partition coefficient (Wildman–Crippen LogP) is 1.65. The third-order valence-corrected chi connectivity index (χ3v) is 7.32. The van der Waals surface area contributed by atoms with Crippen molar-refractivity contribution in [2.24, 2.45) is 7.05 Å². The summed E-state index contributed by atoms with van der Waals surface area (Å²) in [5, 5.41) is 27.0. The normalized spacial score (nSPS) is 18.8. The van der Waals surface area contributed by atoms with Gasteiger partial charge in [0.15, 0.2) is 7.05 Å². The highest BCUT2D eigenvalue weighted by atomic mass is 16.3. The lowest BCUT2D eigenvalue weighted by atomic mass is 10.0. The summed E-state index contributed by atoms with van der Waals surface area (Å²) < 4.78 is 3.63. The lowest BCUT2D eigenvalue weighted by Crippen LogP contribution is -2.46. The summed E-state index contributed by atoms with van der Waals surface area (Å²) in [6.07, 6.45) is 10.7. The summed E-state index contributed by atoms with van der Waals surface area (Å²) >= 11 is 0. The molecule has 0 aromatic carbocycles. The van der Waals surface area contributed by atoms with Crippen molar-refractivity contribution in [3.8, 4) is 28.3 Å². The average Bonchev–Trinajstić information content (AvgIpc) is 3.62. The number of anilines is 1. The molecular weight excluding hydrogens is 456 g/mol. The Morgan fingerprint density at radius 3 is 2.61 bits per heavy atom. The fourth-order valence-electron chi connectivity index (χ4n) is 5.38. The SMILES string of the molecule is C[n+]1cc(-c2cc(-c3ccc(N4CCC(N5CC[C@H](O)C5=O)CC4)nc3)c3c(C#N)cnn3c2)c[nH]1. The van der Waals surface area contributed by atoms with Crippen LogP contribution in [-0.2, 0) is 11.8 Å². The maximum absolute atomic E-state index is 12.2. The molecule has 10 nitrogen and oxygen atoms in total. The molecule has 0 spiro atoms. The number of likely N-dealkylation sites (tertiary alicyclic amines) is 1. The third kappa shape index (κ3) is 3.78. The Bertz CT molecular complexity index is 1470. The van der Waals surface area contributed by atoms with E-state index in [1.807, 2.05) is 53.5 Å². The molecular formula is C26H27N8O2+. The van der Waals surface area contributed by atoms with Gasteiger partial charge in [0, 0.05) is 54.8 Å². The molecule has 4 aromatic rings. The predicted molar refractivity (Wildman–Crippen MR) is 132 cm³/mol. The number of piperidine rings is 1. The molecule has 2 N–H and O–H groups in total. The Morgan fingerprint density at radius 1 is 1.14 bits per heavy atom. The van der Waals surface area contributed by atoms with E-state index in [9.17, 15) is 15.2 Å². The molecule has 36 heavy (non-hydrogen) atoms. The van der Waals surface area contributed by atoms with Crippen LogP contribution < -0.4 is 9.58 Å². The second-order valence-electron chi connectivity index (χ2n) is 9.53. The lowest BCUT2D eigenvalue weighted by Gasteiger charge is -2.37. The van der Waals surface area contributed by atoms with Gasteiger partial charge < -0.3 is 14.9 Å². The number of nitrogens with zero attached hydrogens (tertiary/aromatic N) is 7. The minimum Gasteiger partial charge on any atom is -0.383 e. The van der Waals surface area contributed by atoms with Gasteiger partial charge in [-0.05, 0) is 37.5 Å². The number of carbonyl (C=O) groups is 1. The smallest absolute Gasteiger partial charge is 0.251 e. The van der Waals surface area contributed by atoms with Gasteiger partial charge in [-0.3, -0.25) is 4.79 Å². The number of aliphatic hydroxyl groups is 1. The number of pyridine rings is 2. The van der Waals surface area contributed by atoms with Crippen LogP contribution in [-0.4, -0.2) is 67.4 Å². The lowest BCUT2D eigenvalue weighted by molar-refractivity contribution is -0.726. The number of amides is 1. The van der Waals surface area contributed by atoms with Crippen LogP contribution in [0.2, 0.25) is 0 Å². The minimum absolute atomic E-state index is 0.130. The van der Waals surface area contributed by atoms with E-state index in [0.29, 0.717) is 18.5 Å². The fraction of sp³-hybridized carbons (Fsp3) is 0.346. The van der Waals surface area contributed by atoms with Gasteiger partial charge in [0.25, 0.3) is 5.91 Å². The topological polar surface area (TPSA) is 117 Å². The molecule has 2 aliphatic heterocycles. The highest BCUT2D eigenvalue weighted by molar-refractivity contribution is 5.87. The summed E-state index contributed by atoms with van der Waals surface area (Å²) in [5.41, 5.74) is 5.09. The van der Waals surface area contributed by atoms with Crippen molar-refractivity contribution in [3.05, 3.63) is 54.7 Å². The standard InChI is InChI=1S/C26H26N8O2/c1-31-15-20(14-29-31)18-10-22(25-19(11-27)13-30-34(25)16-18)17-2-3-24(28-12-17)32-7-4-21(5-8-32)33-9-6-23(35)26(33)36/h2-3,10,12-16,21,23,35H,4-9H2,1H3/p+1/t23-/m0/s1. The van der Waals surface area contributed by atoms with E-state index in [1.54, 1.807) is 10.7 Å². The van der Waals surface area contributed by atoms with Crippen LogP contribution in [0.25, 0.3) is 27.8 Å². The number of aryl methyl sites for hydroxylation is 1. The molecule has 1 atom stereocenters. The van der Waals surface area contributed by atoms with Gasteiger partial charge in [-0.2, -0.15) is 15.5 Å². The molecule has 0 saturated carbocycles. The largest absolute Gasteiger partial charge is 0.383 e. The number of nitrogens with one attached hydrogen (secondary N) is 1. The monoisotopic (exact) mass is 483 g/mol. The molecule has 0 unspecified atom stereocenters. The van der Waals surface area contributed by atoms with Gasteiger partial charge in [-0.1, -0.05) is 0 Å². The van der Waals surface area contributed by atoms with E-state index in [4.69, 9.17) is 4.98 Å². The van der Waals surface area contributed by atoms with Gasteiger partial charge in [-0.25, -0.2) is 9.50 Å². The van der Waals surface area contributed by atoms with Crippen LogP contribution in [0.4, 0.5) is 5.82 Å². The Labute approximate surface area is 208 Å². The second-order valence-corrected chi connectivity index (χ2v) is 9.53. The first kappa shape index (κ1) is 22.2. The summed E-state index contributed by atoms with van der Waals surface area (Å²) in [6.45, 7) is 2.26. The number of aromatic amines is 1. The maximum Gasteiger partial charge on any atom is 0.251 e. The van der Waals surface area contributed by atoms with E-state index in [-0.39, 0.29) is 11.9 Å². The van der Waals surface area contributed by atoms with E-state index >= 15 is 0 Å². The van der Waals surface area contributed by atoms with Crippen molar-refractivity contribution < 1.29 is 14.6 Å². The Balaban J connectivity index is 1.26. The van der Waals surface area contributed by atoms with Crippen LogP contribution in [0.15, 0.2) is 49.2 Å². The number of hydrogen-bond acceptors (Lipinski definition) is 6. The number of rotatable bonds is 4. The third-order valence-electron chi connectivity index (χ3n) is 7.32. The highest BCUT2D eigenvalue weighted by Crippen LogP contribution is 2.32. The van der Waals surface area contributed by atoms with Crippen molar-refractivity contribution >= 4 is 17.2 Å². The van der Waals surface area contributed by atoms with Crippen molar-refractivity contribution in [1.82, 2.24) is 24.6 Å². The molecule has 6 rings (SSSR count). The fourth-order valence-corrected chi connectivity index (χ4v) is 5.38. The number of fused-ring (bicyclic) bond motifs is 1. The Kier molecular flexibility index (Phi) is 5.42. The molecule has 4 aromatic heterocycles. The summed E-state index contributed by atoms with van der Waals surface area (Å²) in [4.78, 5) is 21.0. The molecule has 182 valence electrons. The summed E-state index contributed by atoms with van der Waals surface area (Å²) in [7, 11) is 1.93. The number of carbonyl (C=O) groups excluding carboxylic acids is 1. The molecule has 0 bridgehead atoms. The Morgan fingerprint density at radius 2 is 1.97 bits per heavy atom. The molecule has 2 aliphatic rings. The van der Waals surface area contributed by atoms with Crippen molar-refractivity contribution in [3.63, 3.8) is 0 Å². The van der Waals surface area contributed by atoms with E-state index in [1.165, 1.54) is 0 Å². The van der Waals surface area contributed by atoms with Crippen LogP contribution in [0.5, 0.6) is 0 Å². The van der Waals surface area contributed by atoms with Crippen LogP contribution in [0.3, 0.4) is 0 Å². The number of H-pyrrole nitrogens is 1. The van der Waals surface area contributed by atoms with Gasteiger partial charge in [0.2, 0.25) is 6.20 Å². The zero-order valence-corrected chi connectivity index (χ0v) is 20.0. The number of aliphatic hydroxyl groups excluding tert-OH is 1. The minimum atomic E-state index is -0.834. The summed E-state index contributed by atoms with van der Waals surface area (Å²) in [5.74, 6) is 0.762. The van der Waals surface area contributed by atoms with Gasteiger partial charge in [-0.15, -0.1) is 4.68 Å². The number of hydrogen-bond donors (Lipinski definition) is 2. The summed E-state index contributed by atoms with van der Waals surface area (Å²) in [6, 6.07) is 8.57. The van der Waals surface area contributed by atoms with Gasteiger partial charge in [0.1, 0.15) is 18.0 Å². The van der Waals surface area contributed by atoms with Crippen LogP contribution in [0, 0.1) is 11.3 Å². The molecule has 10 heteroatoms. The first-order valence-electron chi connectivity index (χ1n) is 12.2. The first-order valence-corrected chi connectivity index (χ1v) is 12.2. The van der Waals surface area contributed by atoms with Gasteiger partial charge >= 0.3 is 0 Å². The maximum atomic E-state index is 12.2. The molecule has 0 aliphatic carbocycles. The zero-order valence-electron chi connectivity index (χ0n) is 20.0. The van der Waals surface area contributed by atoms with Crippen LogP contribution >= 0.6 is 0 Å². The molecule has 1 amide bonds. The van der Waals surface area contributed by atoms with Crippen molar-refractivity contribution in [2.45, 2.75) is 31.4 Å². The highest BCUT2D eigenvalue weighted by Gasteiger charge is 2.36. The van der Waals surface area contributed by atoms with Crippen LogP contribution in [0.1, 0.15) is 24.8 Å². The molecule has 2 fully saturated rings. The quantitative estimate of drug-likeness (QED) is 0.426. The second kappa shape index (κ2) is 8.77. The van der Waals surface area contributed by atoms with E-state index < -0.39 is 6.10 Å². The zero-order chi connectivity index (χ0) is 24.8. The number of aromatic nitrogens is 5. The first-order chi connectivity index (χ1) is 17.5. The molecule has 0 radical (unpaired) electrons. The molecule has 2 saturated heterocycles. The van der Waals surface area contributed by atoms with E-state index in [2.05, 4.69) is 27.2 Å². The van der Waals surface area contributed by atoms with E-state index in [0.717, 1.165) is 59.5 Å².